The van der Waals surface area contributed by atoms with E-state index in [1.165, 1.54) is 4.90 Å². The van der Waals surface area contributed by atoms with Crippen LogP contribution in [0.15, 0.2) is 18.2 Å². The number of rotatable bonds is 3. The van der Waals surface area contributed by atoms with E-state index < -0.39 is 36.0 Å². The van der Waals surface area contributed by atoms with E-state index in [0.717, 1.165) is 48.1 Å². The van der Waals surface area contributed by atoms with Crippen LogP contribution in [-0.4, -0.2) is 51.5 Å². The smallest absolute Gasteiger partial charge is 0.356 e. The molecule has 0 unspecified atom stereocenters. The maximum atomic E-state index is 13.5. The molecule has 2 aromatic heterocycles. The third-order valence-corrected chi connectivity index (χ3v) is 7.23. The molecule has 0 amide bonds. The van der Waals surface area contributed by atoms with E-state index in [2.05, 4.69) is 24.8 Å². The van der Waals surface area contributed by atoms with E-state index in [4.69, 9.17) is 11.6 Å². The van der Waals surface area contributed by atoms with Crippen LogP contribution in [0.4, 0.5) is 32.3 Å². The number of fused-ring (bicyclic) bond motifs is 3. The number of nitrogens with one attached hydrogen (secondary N) is 1. The number of anilines is 1. The van der Waals surface area contributed by atoms with Gasteiger partial charge in [-0.1, -0.05) is 11.6 Å². The number of hydrogen-bond donors (Lipinski definition) is 1. The number of halogens is 7. The normalized spacial score (nSPS) is 20.2. The van der Waals surface area contributed by atoms with Crippen molar-refractivity contribution in [2.24, 2.45) is 5.92 Å². The van der Waals surface area contributed by atoms with E-state index in [1.807, 2.05) is 19.2 Å². The molecular formula is C23H23ClF6N6. The number of H-pyrrole nitrogens is 1. The van der Waals surface area contributed by atoms with Crippen LogP contribution < -0.4 is 4.90 Å². The predicted octanol–water partition coefficient (Wildman–Crippen LogP) is 5.88. The van der Waals surface area contributed by atoms with Gasteiger partial charge >= 0.3 is 12.4 Å². The molecule has 13 heteroatoms. The number of benzene rings is 1. The monoisotopic (exact) mass is 532 g/mol. The lowest BCUT2D eigenvalue weighted by molar-refractivity contribution is -0.155. The Hall–Kier alpha value is -2.60. The molecule has 0 aliphatic carbocycles. The van der Waals surface area contributed by atoms with Crippen LogP contribution in [0.3, 0.4) is 0 Å². The SMILES string of the molecule is CN1CCC(C[C@H]2c3[nH]c4ccc(Cl)cc4c3CCN2c2nc(C(F)(F)F)nc(C(F)(F)F)n2)CC1. The van der Waals surface area contributed by atoms with Crippen molar-refractivity contribution < 1.29 is 26.3 Å². The highest BCUT2D eigenvalue weighted by molar-refractivity contribution is 6.31. The zero-order chi connectivity index (χ0) is 25.8. The highest BCUT2D eigenvalue weighted by Gasteiger charge is 2.43. The fraction of sp³-hybridized carbons (Fsp3) is 0.522. The zero-order valence-corrected chi connectivity index (χ0v) is 20.0. The van der Waals surface area contributed by atoms with E-state index >= 15 is 0 Å². The second-order valence-electron chi connectivity index (χ2n) is 9.43. The van der Waals surface area contributed by atoms with Crippen molar-refractivity contribution >= 4 is 28.5 Å². The van der Waals surface area contributed by atoms with Crippen molar-refractivity contribution in [3.63, 3.8) is 0 Å². The van der Waals surface area contributed by atoms with E-state index in [-0.39, 0.29) is 12.5 Å². The number of piperidine rings is 1. The molecule has 6 nitrogen and oxygen atoms in total. The first-order valence-corrected chi connectivity index (χ1v) is 11.9. The lowest BCUT2D eigenvalue weighted by Crippen LogP contribution is -2.40. The van der Waals surface area contributed by atoms with Crippen molar-refractivity contribution in [3.8, 4) is 0 Å². The summed E-state index contributed by atoms with van der Waals surface area (Å²) in [7, 11) is 2.02. The van der Waals surface area contributed by atoms with Gasteiger partial charge in [-0.3, -0.25) is 0 Å². The van der Waals surface area contributed by atoms with Gasteiger partial charge in [0.1, 0.15) is 0 Å². The molecule has 0 radical (unpaired) electrons. The molecule has 1 atom stereocenters. The second-order valence-corrected chi connectivity index (χ2v) is 9.86. The van der Waals surface area contributed by atoms with Gasteiger partial charge < -0.3 is 14.8 Å². The molecular weight excluding hydrogens is 510 g/mol. The Labute approximate surface area is 207 Å². The highest BCUT2D eigenvalue weighted by Crippen LogP contribution is 2.42. The van der Waals surface area contributed by atoms with E-state index in [0.29, 0.717) is 17.9 Å². The van der Waals surface area contributed by atoms with Crippen LogP contribution in [0.25, 0.3) is 10.9 Å². The Bertz CT molecular complexity index is 1230. The van der Waals surface area contributed by atoms with Gasteiger partial charge in [0.2, 0.25) is 17.6 Å². The molecule has 194 valence electrons. The van der Waals surface area contributed by atoms with E-state index in [1.54, 1.807) is 6.07 Å². The number of aromatic nitrogens is 4. The molecule has 1 saturated heterocycles. The number of alkyl halides is 6. The lowest BCUT2D eigenvalue weighted by atomic mass is 9.86. The molecule has 1 aromatic carbocycles. The van der Waals surface area contributed by atoms with Gasteiger partial charge in [-0.05, 0) is 75.5 Å². The number of hydrogen-bond acceptors (Lipinski definition) is 5. The Morgan fingerprint density at radius 1 is 0.972 bits per heavy atom. The molecule has 1 N–H and O–H groups in total. The first-order chi connectivity index (χ1) is 16.9. The fourth-order valence-corrected chi connectivity index (χ4v) is 5.36. The summed E-state index contributed by atoms with van der Waals surface area (Å²) >= 11 is 6.20. The maximum absolute atomic E-state index is 13.5. The summed E-state index contributed by atoms with van der Waals surface area (Å²) in [6, 6.07) is 4.84. The summed E-state index contributed by atoms with van der Waals surface area (Å²) in [6.07, 6.45) is -7.63. The minimum Gasteiger partial charge on any atom is -0.356 e. The van der Waals surface area contributed by atoms with Crippen LogP contribution in [0.1, 0.15) is 48.2 Å². The molecule has 2 aliphatic heterocycles. The number of nitrogens with zero attached hydrogens (tertiary/aromatic N) is 5. The molecule has 1 fully saturated rings. The highest BCUT2D eigenvalue weighted by atomic mass is 35.5. The molecule has 36 heavy (non-hydrogen) atoms. The zero-order valence-electron chi connectivity index (χ0n) is 19.2. The van der Waals surface area contributed by atoms with Crippen LogP contribution in [-0.2, 0) is 18.8 Å². The van der Waals surface area contributed by atoms with Crippen molar-refractivity contribution in [2.45, 2.75) is 44.1 Å². The predicted molar refractivity (Wildman–Crippen MR) is 122 cm³/mol. The molecule has 5 rings (SSSR count). The van der Waals surface area contributed by atoms with Gasteiger partial charge in [0, 0.05) is 28.2 Å². The standard InChI is InChI=1S/C23H23ClF6N6/c1-35-7-4-12(5-8-35)10-17-18-14(15-11-13(24)2-3-16(15)31-18)6-9-36(17)21-33-19(22(25,26)27)32-20(34-21)23(28,29)30/h2-3,11-12,17,31H,4-10H2,1H3/t17-/m0/s1. The van der Waals surface area contributed by atoms with Gasteiger partial charge in [-0.15, -0.1) is 0 Å². The quantitative estimate of drug-likeness (QED) is 0.427. The molecule has 0 bridgehead atoms. The summed E-state index contributed by atoms with van der Waals surface area (Å²) in [6.45, 7) is 1.89. The average molecular weight is 533 g/mol. The van der Waals surface area contributed by atoms with Gasteiger partial charge in [0.25, 0.3) is 0 Å². The summed E-state index contributed by atoms with van der Waals surface area (Å²) < 4.78 is 80.8. The summed E-state index contributed by atoms with van der Waals surface area (Å²) in [4.78, 5) is 16.6. The minimum absolute atomic E-state index is 0.155. The first-order valence-electron chi connectivity index (χ1n) is 11.6. The maximum Gasteiger partial charge on any atom is 0.451 e. The van der Waals surface area contributed by atoms with Crippen molar-refractivity contribution in [1.29, 1.82) is 0 Å². The Kier molecular flexibility index (Phi) is 6.30. The van der Waals surface area contributed by atoms with Gasteiger partial charge in [-0.25, -0.2) is 4.98 Å². The van der Waals surface area contributed by atoms with Crippen molar-refractivity contribution in [2.75, 3.05) is 31.6 Å². The molecule has 3 aromatic rings. The second kappa shape index (κ2) is 9.05. The van der Waals surface area contributed by atoms with Crippen molar-refractivity contribution in [1.82, 2.24) is 24.8 Å². The molecule has 2 aliphatic rings. The lowest BCUT2D eigenvalue weighted by Gasteiger charge is -2.39. The van der Waals surface area contributed by atoms with Crippen molar-refractivity contribution in [3.05, 3.63) is 46.1 Å². The largest absolute Gasteiger partial charge is 0.451 e. The topological polar surface area (TPSA) is 60.9 Å². The third-order valence-electron chi connectivity index (χ3n) is 7.00. The summed E-state index contributed by atoms with van der Waals surface area (Å²) in [5, 5.41) is 1.44. The molecule has 0 spiro atoms. The minimum atomic E-state index is -5.15. The Morgan fingerprint density at radius 2 is 1.61 bits per heavy atom. The fourth-order valence-electron chi connectivity index (χ4n) is 5.18. The van der Waals surface area contributed by atoms with E-state index in [9.17, 15) is 26.3 Å². The molecule has 4 heterocycles. The van der Waals surface area contributed by atoms with Gasteiger partial charge in [0.15, 0.2) is 0 Å². The summed E-state index contributed by atoms with van der Waals surface area (Å²) in [5.41, 5.74) is 2.52. The van der Waals surface area contributed by atoms with Crippen LogP contribution in [0.2, 0.25) is 5.02 Å². The number of likely N-dealkylation sites (tertiary alicyclic amines) is 1. The Morgan fingerprint density at radius 3 is 2.22 bits per heavy atom. The third kappa shape index (κ3) is 4.84. The van der Waals surface area contributed by atoms with Crippen LogP contribution in [0.5, 0.6) is 0 Å². The van der Waals surface area contributed by atoms with Crippen LogP contribution in [0, 0.1) is 5.92 Å². The first kappa shape index (κ1) is 25.1. The van der Waals surface area contributed by atoms with Crippen LogP contribution >= 0.6 is 11.6 Å². The van der Waals surface area contributed by atoms with Gasteiger partial charge in [-0.2, -0.15) is 36.3 Å². The summed E-state index contributed by atoms with van der Waals surface area (Å²) in [5.74, 6) is -4.09. The average Bonchev–Trinajstić information content (AvgIpc) is 3.17. The van der Waals surface area contributed by atoms with Gasteiger partial charge in [0.05, 0.1) is 6.04 Å². The number of aromatic amines is 1. The Balaban J connectivity index is 1.61. The molecule has 0 saturated carbocycles.